The van der Waals surface area contributed by atoms with Gasteiger partial charge in [0.15, 0.2) is 0 Å². The van der Waals surface area contributed by atoms with Crippen molar-refractivity contribution < 1.29 is 9.53 Å². The maximum Gasteiger partial charge on any atom is 0.224 e. The highest BCUT2D eigenvalue weighted by Crippen LogP contribution is 2.19. The van der Waals surface area contributed by atoms with Crippen molar-refractivity contribution >= 4 is 11.6 Å². The summed E-state index contributed by atoms with van der Waals surface area (Å²) >= 11 is 0. The van der Waals surface area contributed by atoms with Crippen molar-refractivity contribution in [3.8, 4) is 0 Å². The van der Waals surface area contributed by atoms with Gasteiger partial charge in [0, 0.05) is 18.7 Å². The Hall–Kier alpha value is -1.35. The van der Waals surface area contributed by atoms with Gasteiger partial charge in [-0.25, -0.2) is 0 Å². The van der Waals surface area contributed by atoms with E-state index in [0.717, 1.165) is 30.7 Å². The van der Waals surface area contributed by atoms with E-state index in [1.54, 1.807) is 0 Å². The molecule has 1 atom stereocenters. The molecule has 0 aromatic heterocycles. The van der Waals surface area contributed by atoms with Crippen LogP contribution in [0.15, 0.2) is 18.2 Å². The lowest BCUT2D eigenvalue weighted by molar-refractivity contribution is -0.116. The number of carbonyl (C=O) groups excluding carboxylic acids is 1. The summed E-state index contributed by atoms with van der Waals surface area (Å²) < 4.78 is 5.66. The molecule has 1 fully saturated rings. The number of carbonyl (C=O) groups is 1. The number of rotatable bonds is 12. The smallest absolute Gasteiger partial charge is 0.224 e. The zero-order valence-corrected chi connectivity index (χ0v) is 16.8. The molecule has 1 saturated heterocycles. The minimum Gasteiger partial charge on any atom is -0.378 e. The first-order valence-electron chi connectivity index (χ1n) is 10.6. The average molecular weight is 360 g/mol. The molecule has 0 bridgehead atoms. The van der Waals surface area contributed by atoms with Crippen LogP contribution < -0.4 is 5.32 Å². The largest absolute Gasteiger partial charge is 0.378 e. The summed E-state index contributed by atoms with van der Waals surface area (Å²) in [7, 11) is 0. The second kappa shape index (κ2) is 12.1. The van der Waals surface area contributed by atoms with Gasteiger partial charge < -0.3 is 10.1 Å². The molecule has 1 amide bonds. The van der Waals surface area contributed by atoms with Gasteiger partial charge in [0.05, 0.1) is 6.10 Å². The van der Waals surface area contributed by atoms with Crippen LogP contribution >= 0.6 is 0 Å². The summed E-state index contributed by atoms with van der Waals surface area (Å²) in [6.45, 7) is 5.10. The van der Waals surface area contributed by atoms with Gasteiger partial charge in [0.2, 0.25) is 5.91 Å². The third kappa shape index (κ3) is 8.35. The molecular formula is C23H37NO2. The highest BCUT2D eigenvalue weighted by atomic mass is 16.5. The molecule has 1 heterocycles. The Kier molecular flexibility index (Phi) is 9.76. The van der Waals surface area contributed by atoms with Crippen molar-refractivity contribution in [2.45, 2.75) is 97.0 Å². The van der Waals surface area contributed by atoms with Gasteiger partial charge in [-0.2, -0.15) is 0 Å². The summed E-state index contributed by atoms with van der Waals surface area (Å²) in [5.74, 6) is 0.145. The number of unbranched alkanes of at least 4 members (excludes halogenated alkanes) is 7. The maximum atomic E-state index is 12.0. The molecule has 26 heavy (non-hydrogen) atoms. The average Bonchev–Trinajstić information content (AvgIpc) is 3.12. The standard InChI is InChI=1S/C23H37NO2/c1-19-15-16-22(20(2)18-19)24-23(25)14-10-8-6-4-3-5-7-9-12-21-13-11-17-26-21/h15-16,18,21H,3-14,17H2,1-2H3,(H,24,25)/t21-/m1/s1. The topological polar surface area (TPSA) is 38.3 Å². The van der Waals surface area contributed by atoms with Crippen molar-refractivity contribution in [1.29, 1.82) is 0 Å². The van der Waals surface area contributed by atoms with Crippen LogP contribution in [-0.4, -0.2) is 18.6 Å². The van der Waals surface area contributed by atoms with E-state index in [2.05, 4.69) is 18.3 Å². The van der Waals surface area contributed by atoms with E-state index in [4.69, 9.17) is 4.74 Å². The number of benzene rings is 1. The van der Waals surface area contributed by atoms with Gasteiger partial charge in [-0.05, 0) is 51.2 Å². The zero-order valence-electron chi connectivity index (χ0n) is 16.8. The molecule has 1 aromatic carbocycles. The number of ether oxygens (including phenoxy) is 1. The Morgan fingerprint density at radius 1 is 1.04 bits per heavy atom. The fourth-order valence-corrected chi connectivity index (χ4v) is 3.76. The molecule has 0 unspecified atom stereocenters. The SMILES string of the molecule is Cc1ccc(NC(=O)CCCCCCCCCC[C@@H]2CCCO2)c(C)c1. The van der Waals surface area contributed by atoms with Crippen LogP contribution in [0.25, 0.3) is 0 Å². The summed E-state index contributed by atoms with van der Waals surface area (Å²) in [6, 6.07) is 6.15. The van der Waals surface area contributed by atoms with E-state index < -0.39 is 0 Å². The van der Waals surface area contributed by atoms with Crippen LogP contribution in [0, 0.1) is 13.8 Å². The molecule has 1 N–H and O–H groups in total. The van der Waals surface area contributed by atoms with Crippen LogP contribution in [0.2, 0.25) is 0 Å². The minimum atomic E-state index is 0.145. The van der Waals surface area contributed by atoms with Gasteiger partial charge in [0.25, 0.3) is 0 Å². The Labute approximate surface area is 159 Å². The Morgan fingerprint density at radius 3 is 2.38 bits per heavy atom. The molecule has 2 rings (SSSR count). The quantitative estimate of drug-likeness (QED) is 0.443. The molecule has 1 aromatic rings. The number of hydrogen-bond acceptors (Lipinski definition) is 2. The Balaban J connectivity index is 1.40. The third-order valence-electron chi connectivity index (χ3n) is 5.36. The number of hydrogen-bond donors (Lipinski definition) is 1. The fourth-order valence-electron chi connectivity index (χ4n) is 3.76. The zero-order chi connectivity index (χ0) is 18.6. The van der Waals surface area contributed by atoms with Crippen LogP contribution in [0.3, 0.4) is 0 Å². The Bertz CT molecular complexity index is 535. The van der Waals surface area contributed by atoms with Crippen LogP contribution in [-0.2, 0) is 9.53 Å². The van der Waals surface area contributed by atoms with E-state index >= 15 is 0 Å². The van der Waals surface area contributed by atoms with E-state index in [1.165, 1.54) is 63.4 Å². The van der Waals surface area contributed by atoms with Crippen molar-refractivity contribution in [2.75, 3.05) is 11.9 Å². The predicted octanol–water partition coefficient (Wildman–Crippen LogP) is 6.32. The maximum absolute atomic E-state index is 12.0. The number of aryl methyl sites for hydroxylation is 2. The molecule has 146 valence electrons. The van der Waals surface area contributed by atoms with Crippen molar-refractivity contribution in [1.82, 2.24) is 0 Å². The normalized spacial score (nSPS) is 16.8. The van der Waals surface area contributed by atoms with Gasteiger partial charge in [0.1, 0.15) is 0 Å². The van der Waals surface area contributed by atoms with Crippen LogP contribution in [0.4, 0.5) is 5.69 Å². The molecule has 3 heteroatoms. The second-order valence-corrected chi connectivity index (χ2v) is 7.87. The molecular weight excluding hydrogens is 322 g/mol. The van der Waals surface area contributed by atoms with Gasteiger partial charge in [-0.1, -0.05) is 62.6 Å². The summed E-state index contributed by atoms with van der Waals surface area (Å²) in [5, 5.41) is 3.04. The van der Waals surface area contributed by atoms with E-state index in [0.29, 0.717) is 12.5 Å². The highest BCUT2D eigenvalue weighted by Gasteiger charge is 2.14. The molecule has 0 spiro atoms. The number of nitrogens with one attached hydrogen (secondary N) is 1. The lowest BCUT2D eigenvalue weighted by atomic mass is 10.0. The molecule has 1 aliphatic heterocycles. The summed E-state index contributed by atoms with van der Waals surface area (Å²) in [6.07, 6.45) is 15.0. The molecule has 3 nitrogen and oxygen atoms in total. The van der Waals surface area contributed by atoms with E-state index in [1.807, 2.05) is 19.1 Å². The molecule has 0 aliphatic carbocycles. The first kappa shape index (κ1) is 21.0. The first-order valence-corrected chi connectivity index (χ1v) is 10.6. The summed E-state index contributed by atoms with van der Waals surface area (Å²) in [4.78, 5) is 12.0. The predicted molar refractivity (Wildman–Crippen MR) is 110 cm³/mol. The van der Waals surface area contributed by atoms with Gasteiger partial charge in [-0.3, -0.25) is 4.79 Å². The van der Waals surface area contributed by atoms with Crippen LogP contribution in [0.1, 0.15) is 88.2 Å². The number of anilines is 1. The monoisotopic (exact) mass is 359 g/mol. The fraction of sp³-hybridized carbons (Fsp3) is 0.696. The third-order valence-corrected chi connectivity index (χ3v) is 5.36. The van der Waals surface area contributed by atoms with Crippen molar-refractivity contribution in [3.63, 3.8) is 0 Å². The minimum absolute atomic E-state index is 0.145. The lowest BCUT2D eigenvalue weighted by Gasteiger charge is -2.09. The molecule has 0 saturated carbocycles. The number of amides is 1. The van der Waals surface area contributed by atoms with Crippen molar-refractivity contribution in [3.05, 3.63) is 29.3 Å². The summed E-state index contributed by atoms with van der Waals surface area (Å²) in [5.41, 5.74) is 3.31. The Morgan fingerprint density at radius 2 is 1.73 bits per heavy atom. The molecule has 0 radical (unpaired) electrons. The van der Waals surface area contributed by atoms with E-state index in [9.17, 15) is 4.79 Å². The second-order valence-electron chi connectivity index (χ2n) is 7.87. The lowest BCUT2D eigenvalue weighted by Crippen LogP contribution is -2.12. The molecule has 1 aliphatic rings. The first-order chi connectivity index (χ1) is 12.6. The van der Waals surface area contributed by atoms with Crippen LogP contribution in [0.5, 0.6) is 0 Å². The van der Waals surface area contributed by atoms with Gasteiger partial charge >= 0.3 is 0 Å². The highest BCUT2D eigenvalue weighted by molar-refractivity contribution is 5.91. The van der Waals surface area contributed by atoms with Gasteiger partial charge in [-0.15, -0.1) is 0 Å². The van der Waals surface area contributed by atoms with E-state index in [-0.39, 0.29) is 5.91 Å². The van der Waals surface area contributed by atoms with Crippen molar-refractivity contribution in [2.24, 2.45) is 0 Å².